The number of carbonyl (C=O) groups is 1. The predicted molar refractivity (Wildman–Crippen MR) is 88.8 cm³/mol. The van der Waals surface area contributed by atoms with Crippen LogP contribution in [0.5, 0.6) is 11.5 Å². The first-order chi connectivity index (χ1) is 11.3. The van der Waals surface area contributed by atoms with Gasteiger partial charge in [0.25, 0.3) is 10.1 Å². The average molecular weight is 360 g/mol. The third-order valence-corrected chi connectivity index (χ3v) is 4.13. The van der Waals surface area contributed by atoms with Gasteiger partial charge in [0.15, 0.2) is 0 Å². The Morgan fingerprint density at radius 1 is 1.08 bits per heavy atom. The summed E-state index contributed by atoms with van der Waals surface area (Å²) >= 11 is 0. The molecular weight excluding hydrogens is 336 g/mol. The fourth-order valence-corrected chi connectivity index (χ4v) is 3.02. The zero-order valence-corrected chi connectivity index (χ0v) is 15.0. The van der Waals surface area contributed by atoms with Gasteiger partial charge < -0.3 is 14.6 Å². The Morgan fingerprint density at radius 2 is 1.67 bits per heavy atom. The van der Waals surface area contributed by atoms with Crippen molar-refractivity contribution in [3.8, 4) is 11.5 Å². The number of ether oxygens (including phenoxy) is 2. The maximum atomic E-state index is 11.8. The van der Waals surface area contributed by atoms with Crippen LogP contribution in [-0.4, -0.2) is 37.3 Å². The summed E-state index contributed by atoms with van der Waals surface area (Å²) < 4.78 is 44.0. The van der Waals surface area contributed by atoms with Gasteiger partial charge in [-0.05, 0) is 19.3 Å². The summed E-state index contributed by atoms with van der Waals surface area (Å²) in [6, 6.07) is 1.07. The molecule has 0 aromatic heterocycles. The average Bonchev–Trinajstić information content (AvgIpc) is 2.50. The standard InChI is InChI=1S/C16H24O7S/c1-4-7-11-13(24(19,20)21)10-12(22-8-5-2)14(16(17)18)15(11)23-9-6-3/h10H,4-9H2,1-3H3,(H,17,18)(H,19,20,21). The topological polar surface area (TPSA) is 110 Å². The van der Waals surface area contributed by atoms with Crippen LogP contribution in [-0.2, 0) is 16.5 Å². The molecule has 0 saturated heterocycles. The third-order valence-electron chi connectivity index (χ3n) is 3.21. The van der Waals surface area contributed by atoms with Crippen LogP contribution in [0.4, 0.5) is 0 Å². The summed E-state index contributed by atoms with van der Waals surface area (Å²) in [5, 5.41) is 9.56. The van der Waals surface area contributed by atoms with Gasteiger partial charge in [-0.15, -0.1) is 0 Å². The highest BCUT2D eigenvalue weighted by molar-refractivity contribution is 7.85. The van der Waals surface area contributed by atoms with Crippen molar-refractivity contribution in [2.75, 3.05) is 13.2 Å². The molecule has 0 unspecified atom stereocenters. The fraction of sp³-hybridized carbons (Fsp3) is 0.562. The van der Waals surface area contributed by atoms with E-state index in [1.165, 1.54) is 0 Å². The summed E-state index contributed by atoms with van der Waals surface area (Å²) in [6.45, 7) is 5.94. The van der Waals surface area contributed by atoms with E-state index in [-0.39, 0.29) is 47.2 Å². The zero-order valence-electron chi connectivity index (χ0n) is 14.2. The summed E-state index contributed by atoms with van der Waals surface area (Å²) in [6.07, 6.45) is 2.04. The Labute approximate surface area is 142 Å². The summed E-state index contributed by atoms with van der Waals surface area (Å²) in [5.41, 5.74) is -0.0533. The second-order valence-electron chi connectivity index (χ2n) is 5.28. The molecule has 24 heavy (non-hydrogen) atoms. The molecule has 136 valence electrons. The second kappa shape index (κ2) is 8.89. The third kappa shape index (κ3) is 4.85. The van der Waals surface area contributed by atoms with Crippen molar-refractivity contribution in [2.45, 2.75) is 51.3 Å². The van der Waals surface area contributed by atoms with E-state index in [0.717, 1.165) is 6.07 Å². The van der Waals surface area contributed by atoms with Gasteiger partial charge in [-0.1, -0.05) is 27.2 Å². The van der Waals surface area contributed by atoms with Crippen molar-refractivity contribution >= 4 is 16.1 Å². The van der Waals surface area contributed by atoms with Crippen LogP contribution in [0.2, 0.25) is 0 Å². The summed E-state index contributed by atoms with van der Waals surface area (Å²) in [5.74, 6) is -1.44. The lowest BCUT2D eigenvalue weighted by Gasteiger charge is -2.19. The molecule has 0 atom stereocenters. The molecule has 0 heterocycles. The molecule has 0 fully saturated rings. The molecule has 0 radical (unpaired) electrons. The minimum absolute atomic E-state index is 0.0487. The normalized spacial score (nSPS) is 11.3. The number of benzene rings is 1. The van der Waals surface area contributed by atoms with Crippen molar-refractivity contribution < 1.29 is 32.3 Å². The molecular formula is C16H24O7S. The van der Waals surface area contributed by atoms with Gasteiger partial charge in [0.1, 0.15) is 22.0 Å². The van der Waals surface area contributed by atoms with Gasteiger partial charge in [0, 0.05) is 11.6 Å². The molecule has 0 aliphatic heterocycles. The van der Waals surface area contributed by atoms with E-state index in [0.29, 0.717) is 19.3 Å². The van der Waals surface area contributed by atoms with E-state index in [1.807, 2.05) is 20.8 Å². The Kier molecular flexibility index (Phi) is 7.50. The molecule has 0 aliphatic rings. The first-order valence-corrected chi connectivity index (χ1v) is 9.38. The fourth-order valence-electron chi connectivity index (χ4n) is 2.26. The van der Waals surface area contributed by atoms with Crippen molar-refractivity contribution in [2.24, 2.45) is 0 Å². The molecule has 1 aromatic carbocycles. The zero-order chi connectivity index (χ0) is 18.3. The van der Waals surface area contributed by atoms with E-state index < -0.39 is 16.1 Å². The molecule has 0 bridgehead atoms. The number of aromatic carboxylic acids is 1. The molecule has 0 spiro atoms. The number of hydrogen-bond acceptors (Lipinski definition) is 5. The van der Waals surface area contributed by atoms with Gasteiger partial charge in [-0.25, -0.2) is 4.79 Å². The number of rotatable bonds is 10. The van der Waals surface area contributed by atoms with E-state index >= 15 is 0 Å². The van der Waals surface area contributed by atoms with Crippen molar-refractivity contribution in [1.29, 1.82) is 0 Å². The monoisotopic (exact) mass is 360 g/mol. The largest absolute Gasteiger partial charge is 0.493 e. The van der Waals surface area contributed by atoms with Gasteiger partial charge in [0.2, 0.25) is 0 Å². The SMILES string of the molecule is CCCOc1cc(S(=O)(=O)O)c(CCC)c(OCCC)c1C(=O)O. The molecule has 8 heteroatoms. The van der Waals surface area contributed by atoms with Gasteiger partial charge in [-0.3, -0.25) is 4.55 Å². The summed E-state index contributed by atoms with van der Waals surface area (Å²) in [4.78, 5) is 11.3. The molecule has 2 N–H and O–H groups in total. The highest BCUT2D eigenvalue weighted by Crippen LogP contribution is 2.38. The first kappa shape index (κ1) is 20.2. The molecule has 0 saturated carbocycles. The van der Waals surface area contributed by atoms with Gasteiger partial charge in [-0.2, -0.15) is 8.42 Å². The quantitative estimate of drug-likeness (QED) is 0.617. The first-order valence-electron chi connectivity index (χ1n) is 7.94. The van der Waals surface area contributed by atoms with Crippen LogP contribution in [0.15, 0.2) is 11.0 Å². The molecule has 1 aromatic rings. The maximum absolute atomic E-state index is 11.8. The molecule has 7 nitrogen and oxygen atoms in total. The second-order valence-corrected chi connectivity index (χ2v) is 6.67. The van der Waals surface area contributed by atoms with Gasteiger partial charge >= 0.3 is 5.97 Å². The van der Waals surface area contributed by atoms with E-state index in [4.69, 9.17) is 9.47 Å². The Bertz CT molecular complexity index is 680. The molecule has 1 rings (SSSR count). The minimum Gasteiger partial charge on any atom is -0.493 e. The number of carboxylic acid groups (broad SMARTS) is 1. The molecule has 0 aliphatic carbocycles. The lowest BCUT2D eigenvalue weighted by molar-refractivity contribution is 0.0686. The van der Waals surface area contributed by atoms with Crippen LogP contribution in [0.1, 0.15) is 56.0 Å². The smallest absolute Gasteiger partial charge is 0.343 e. The highest BCUT2D eigenvalue weighted by atomic mass is 32.2. The lowest BCUT2D eigenvalue weighted by Crippen LogP contribution is -2.14. The number of hydrogen-bond donors (Lipinski definition) is 2. The van der Waals surface area contributed by atoms with Crippen LogP contribution in [0, 0.1) is 0 Å². The Balaban J connectivity index is 3.75. The lowest BCUT2D eigenvalue weighted by atomic mass is 10.0. The van der Waals surface area contributed by atoms with Crippen molar-refractivity contribution in [1.82, 2.24) is 0 Å². The van der Waals surface area contributed by atoms with Crippen LogP contribution < -0.4 is 9.47 Å². The van der Waals surface area contributed by atoms with E-state index in [2.05, 4.69) is 0 Å². The Morgan fingerprint density at radius 3 is 2.12 bits per heavy atom. The highest BCUT2D eigenvalue weighted by Gasteiger charge is 2.29. The van der Waals surface area contributed by atoms with Crippen LogP contribution in [0.25, 0.3) is 0 Å². The number of carboxylic acids is 1. The van der Waals surface area contributed by atoms with Crippen molar-refractivity contribution in [3.05, 3.63) is 17.2 Å². The Hall–Kier alpha value is -1.80. The predicted octanol–water partition coefficient (Wildman–Crippen LogP) is 3.16. The summed E-state index contributed by atoms with van der Waals surface area (Å²) in [7, 11) is -4.55. The van der Waals surface area contributed by atoms with Crippen LogP contribution in [0.3, 0.4) is 0 Å². The van der Waals surface area contributed by atoms with E-state index in [9.17, 15) is 22.9 Å². The van der Waals surface area contributed by atoms with Gasteiger partial charge in [0.05, 0.1) is 13.2 Å². The maximum Gasteiger partial charge on any atom is 0.343 e. The molecule has 0 amide bonds. The van der Waals surface area contributed by atoms with E-state index in [1.54, 1.807) is 0 Å². The van der Waals surface area contributed by atoms with Crippen LogP contribution >= 0.6 is 0 Å². The minimum atomic E-state index is -4.55. The van der Waals surface area contributed by atoms with Crippen molar-refractivity contribution in [3.63, 3.8) is 0 Å².